The van der Waals surface area contributed by atoms with E-state index in [1.807, 2.05) is 7.05 Å². The molecule has 0 amide bonds. The fraction of sp³-hybridized carbons (Fsp3) is 0.583. The number of nitrogens with one attached hydrogen (secondary N) is 1. The predicted octanol–water partition coefficient (Wildman–Crippen LogP) is 1.55. The van der Waals surface area contributed by atoms with Crippen molar-refractivity contribution >= 4 is 6.21 Å². The third kappa shape index (κ3) is 4.91. The van der Waals surface area contributed by atoms with Gasteiger partial charge >= 0.3 is 0 Å². The normalized spacial score (nSPS) is 16.7. The quantitative estimate of drug-likeness (QED) is 0.494. The fourth-order valence-corrected chi connectivity index (χ4v) is 1.51. The first kappa shape index (κ1) is 14.1. The van der Waals surface area contributed by atoms with Crippen LogP contribution in [0.15, 0.2) is 29.3 Å². The first-order chi connectivity index (χ1) is 7.21. The molecular formula is C12H22N2O. The number of aliphatic hydroxyl groups excluding tert-OH is 1. The minimum Gasteiger partial charge on any atom is -0.387 e. The summed E-state index contributed by atoms with van der Waals surface area (Å²) in [4.78, 5) is 3.92. The number of allylic oxidation sites excluding steroid dienone is 2. The van der Waals surface area contributed by atoms with Gasteiger partial charge in [0.2, 0.25) is 0 Å². The summed E-state index contributed by atoms with van der Waals surface area (Å²) in [6.45, 7) is 5.73. The van der Waals surface area contributed by atoms with Gasteiger partial charge in [-0.15, -0.1) is 0 Å². The topological polar surface area (TPSA) is 44.6 Å². The molecule has 0 saturated heterocycles. The van der Waals surface area contributed by atoms with Crippen molar-refractivity contribution < 1.29 is 5.11 Å². The molecule has 0 bridgehead atoms. The van der Waals surface area contributed by atoms with Crippen LogP contribution >= 0.6 is 0 Å². The van der Waals surface area contributed by atoms with Gasteiger partial charge in [-0.3, -0.25) is 4.99 Å². The Morgan fingerprint density at radius 3 is 2.67 bits per heavy atom. The number of likely N-dealkylation sites (N-methyl/N-ethyl adjacent to an activating group) is 1. The molecular weight excluding hydrogens is 188 g/mol. The van der Waals surface area contributed by atoms with Crippen molar-refractivity contribution in [2.75, 3.05) is 14.1 Å². The molecule has 0 fully saturated rings. The molecule has 86 valence electrons. The molecule has 3 nitrogen and oxygen atoms in total. The first-order valence-corrected chi connectivity index (χ1v) is 5.31. The highest BCUT2D eigenvalue weighted by molar-refractivity contribution is 5.80. The maximum absolute atomic E-state index is 10.1. The van der Waals surface area contributed by atoms with Crippen molar-refractivity contribution in [1.82, 2.24) is 5.32 Å². The van der Waals surface area contributed by atoms with E-state index in [4.69, 9.17) is 0 Å². The zero-order valence-electron chi connectivity index (χ0n) is 9.90. The number of hydrogen-bond donors (Lipinski definition) is 2. The molecule has 0 aromatic rings. The van der Waals surface area contributed by atoms with E-state index in [-0.39, 0.29) is 6.04 Å². The number of nitrogens with zero attached hydrogens (tertiary/aromatic N) is 1. The molecule has 15 heavy (non-hydrogen) atoms. The fourth-order valence-electron chi connectivity index (χ4n) is 1.51. The molecule has 0 aliphatic carbocycles. The molecule has 2 atom stereocenters. The van der Waals surface area contributed by atoms with Crippen molar-refractivity contribution in [2.24, 2.45) is 4.99 Å². The van der Waals surface area contributed by atoms with Crippen molar-refractivity contribution in [3.63, 3.8) is 0 Å². The molecule has 2 N–H and O–H groups in total. The average molecular weight is 210 g/mol. The Bertz CT molecular complexity index is 234. The van der Waals surface area contributed by atoms with Crippen LogP contribution in [0.2, 0.25) is 0 Å². The lowest BCUT2D eigenvalue weighted by Gasteiger charge is -2.22. The van der Waals surface area contributed by atoms with Crippen LogP contribution in [0.3, 0.4) is 0 Å². The van der Waals surface area contributed by atoms with E-state index in [0.29, 0.717) is 0 Å². The molecule has 0 aromatic carbocycles. The Kier molecular flexibility index (Phi) is 7.86. The van der Waals surface area contributed by atoms with Crippen molar-refractivity contribution in [3.05, 3.63) is 24.3 Å². The number of aliphatic hydroxyl groups is 1. The van der Waals surface area contributed by atoms with E-state index in [9.17, 15) is 5.11 Å². The molecule has 0 heterocycles. The second-order valence-corrected chi connectivity index (χ2v) is 3.42. The summed E-state index contributed by atoms with van der Waals surface area (Å²) < 4.78 is 0. The highest BCUT2D eigenvalue weighted by Crippen LogP contribution is 2.10. The van der Waals surface area contributed by atoms with Crippen molar-refractivity contribution in [3.8, 4) is 0 Å². The van der Waals surface area contributed by atoms with E-state index in [1.54, 1.807) is 25.4 Å². The smallest absolute Gasteiger partial charge is 0.0957 e. The van der Waals surface area contributed by atoms with Crippen LogP contribution in [0.1, 0.15) is 19.8 Å². The maximum atomic E-state index is 10.1. The Hall–Kier alpha value is -0.930. The second kappa shape index (κ2) is 8.38. The van der Waals surface area contributed by atoms with Gasteiger partial charge in [-0.2, -0.15) is 0 Å². The second-order valence-electron chi connectivity index (χ2n) is 3.42. The summed E-state index contributed by atoms with van der Waals surface area (Å²) in [6, 6.07) is 0.0687. The summed E-state index contributed by atoms with van der Waals surface area (Å²) >= 11 is 0. The minimum atomic E-state index is -0.531. The summed E-state index contributed by atoms with van der Waals surface area (Å²) in [5.74, 6) is 0. The summed E-state index contributed by atoms with van der Waals surface area (Å²) in [5.41, 5.74) is 0.792. The van der Waals surface area contributed by atoms with Gasteiger partial charge in [0.1, 0.15) is 0 Å². The monoisotopic (exact) mass is 210 g/mol. The molecule has 0 spiro atoms. The number of aliphatic imine (C=N–C) groups is 1. The Morgan fingerprint density at radius 1 is 1.60 bits per heavy atom. The lowest BCUT2D eigenvalue weighted by molar-refractivity contribution is 0.165. The average Bonchev–Trinajstić information content (AvgIpc) is 2.24. The molecule has 0 unspecified atom stereocenters. The Morgan fingerprint density at radius 2 is 2.27 bits per heavy atom. The largest absolute Gasteiger partial charge is 0.387 e. The van der Waals surface area contributed by atoms with E-state index in [2.05, 4.69) is 23.8 Å². The van der Waals surface area contributed by atoms with E-state index >= 15 is 0 Å². The van der Waals surface area contributed by atoms with E-state index in [1.165, 1.54) is 0 Å². The number of rotatable bonds is 7. The zero-order valence-corrected chi connectivity index (χ0v) is 9.90. The van der Waals surface area contributed by atoms with Gasteiger partial charge in [-0.05, 0) is 19.0 Å². The van der Waals surface area contributed by atoms with Crippen LogP contribution < -0.4 is 5.32 Å². The van der Waals surface area contributed by atoms with Gasteiger partial charge < -0.3 is 10.4 Å². The van der Waals surface area contributed by atoms with Crippen LogP contribution in [-0.2, 0) is 0 Å². The Labute approximate surface area is 92.6 Å². The van der Waals surface area contributed by atoms with Gasteiger partial charge in [0.05, 0.1) is 6.10 Å². The first-order valence-electron chi connectivity index (χ1n) is 5.31. The summed E-state index contributed by atoms with van der Waals surface area (Å²) in [5, 5.41) is 13.2. The molecule has 0 aliphatic rings. The zero-order chi connectivity index (χ0) is 11.7. The van der Waals surface area contributed by atoms with Gasteiger partial charge in [0, 0.05) is 19.3 Å². The third-order valence-electron chi connectivity index (χ3n) is 2.28. The highest BCUT2D eigenvalue weighted by Gasteiger charge is 2.18. The van der Waals surface area contributed by atoms with E-state index in [0.717, 1.165) is 18.4 Å². The highest BCUT2D eigenvalue weighted by atomic mass is 16.3. The summed E-state index contributed by atoms with van der Waals surface area (Å²) in [7, 11) is 3.55. The Balaban J connectivity index is 4.65. The third-order valence-corrected chi connectivity index (χ3v) is 2.28. The van der Waals surface area contributed by atoms with Crippen LogP contribution in [-0.4, -0.2) is 37.6 Å². The van der Waals surface area contributed by atoms with Gasteiger partial charge in [-0.1, -0.05) is 32.1 Å². The molecule has 0 aromatic heterocycles. The van der Waals surface area contributed by atoms with Gasteiger partial charge in [0.15, 0.2) is 0 Å². The lowest BCUT2D eigenvalue weighted by atomic mass is 9.99. The SMILES string of the molecule is C=C/C=C(\C=N/C)[C@@H](O)[C@@H](CCC)NC. The van der Waals surface area contributed by atoms with Crippen molar-refractivity contribution in [2.45, 2.75) is 31.9 Å². The maximum Gasteiger partial charge on any atom is 0.0957 e. The summed E-state index contributed by atoms with van der Waals surface area (Å²) in [6.07, 6.45) is 6.57. The van der Waals surface area contributed by atoms with Crippen LogP contribution in [0.25, 0.3) is 0 Å². The van der Waals surface area contributed by atoms with Gasteiger partial charge in [-0.25, -0.2) is 0 Å². The van der Waals surface area contributed by atoms with Crippen LogP contribution in [0, 0.1) is 0 Å². The number of hydrogen-bond acceptors (Lipinski definition) is 3. The molecule has 3 heteroatoms. The van der Waals surface area contributed by atoms with Crippen LogP contribution in [0.5, 0.6) is 0 Å². The molecule has 0 rings (SSSR count). The lowest BCUT2D eigenvalue weighted by Crippen LogP contribution is -2.39. The van der Waals surface area contributed by atoms with Crippen molar-refractivity contribution in [1.29, 1.82) is 0 Å². The molecule has 0 saturated carbocycles. The minimum absolute atomic E-state index is 0.0687. The standard InChI is InChI=1S/C12H22N2O/c1-5-7-10(9-13-3)12(15)11(14-4)8-6-2/h5,7,9,11-12,14-15H,1,6,8H2,2-4H3/b10-7+,13-9-/t11-,12-/m1/s1. The molecule has 0 radical (unpaired) electrons. The van der Waals surface area contributed by atoms with Gasteiger partial charge in [0.25, 0.3) is 0 Å². The predicted molar refractivity (Wildman–Crippen MR) is 66.5 cm³/mol. The van der Waals surface area contributed by atoms with E-state index < -0.39 is 6.10 Å². The molecule has 0 aliphatic heterocycles. The van der Waals surface area contributed by atoms with Crippen LogP contribution in [0.4, 0.5) is 0 Å².